The van der Waals surface area contributed by atoms with Gasteiger partial charge >= 0.3 is 0 Å². The van der Waals surface area contributed by atoms with Crippen LogP contribution in [-0.2, 0) is 0 Å². The number of ether oxygens (including phenoxy) is 1. The van der Waals surface area contributed by atoms with E-state index in [1.54, 1.807) is 12.1 Å². The van der Waals surface area contributed by atoms with Crippen LogP contribution >= 0.6 is 28.6 Å². The first-order valence-electron chi connectivity index (χ1n) is 3.99. The molecule has 1 nitrogen and oxygen atoms in total. The van der Waals surface area contributed by atoms with Gasteiger partial charge in [0.15, 0.2) is 11.6 Å². The molecule has 0 aromatic heterocycles. The van der Waals surface area contributed by atoms with Crippen molar-refractivity contribution in [2.75, 3.05) is 12.4 Å². The van der Waals surface area contributed by atoms with Crippen LogP contribution in [0.15, 0.2) is 34.8 Å². The molecular formula is C10H10BrFOS. The number of rotatable bonds is 4. The Morgan fingerprint density at radius 2 is 2.29 bits per heavy atom. The van der Waals surface area contributed by atoms with Gasteiger partial charge in [-0.25, -0.2) is 4.39 Å². The highest BCUT2D eigenvalue weighted by atomic mass is 79.9. The van der Waals surface area contributed by atoms with Crippen LogP contribution in [0, 0.1) is 5.82 Å². The van der Waals surface area contributed by atoms with Crippen molar-refractivity contribution < 1.29 is 9.13 Å². The lowest BCUT2D eigenvalue weighted by Gasteiger charge is -2.07. The minimum Gasteiger partial charge on any atom is -0.486 e. The second kappa shape index (κ2) is 5.41. The predicted molar refractivity (Wildman–Crippen MR) is 62.6 cm³/mol. The van der Waals surface area contributed by atoms with Gasteiger partial charge in [-0.15, -0.1) is 0 Å². The minimum atomic E-state index is -0.383. The fourth-order valence-electron chi connectivity index (χ4n) is 0.818. The van der Waals surface area contributed by atoms with Crippen LogP contribution in [0.3, 0.4) is 0 Å². The summed E-state index contributed by atoms with van der Waals surface area (Å²) in [4.78, 5) is 0. The Kier molecular flexibility index (Phi) is 4.48. The molecule has 0 heterocycles. The summed E-state index contributed by atoms with van der Waals surface area (Å²) < 4.78 is 19.1. The van der Waals surface area contributed by atoms with Gasteiger partial charge in [0.25, 0.3) is 0 Å². The molecule has 0 saturated heterocycles. The summed E-state index contributed by atoms with van der Waals surface area (Å²) in [5, 5.41) is 0. The Labute approximate surface area is 96.5 Å². The lowest BCUT2D eigenvalue weighted by molar-refractivity contribution is 0.333. The molecule has 0 bridgehead atoms. The first-order valence-corrected chi connectivity index (χ1v) is 5.41. The molecule has 0 unspecified atom stereocenters. The van der Waals surface area contributed by atoms with Crippen LogP contribution in [0.2, 0.25) is 0 Å². The minimum absolute atomic E-state index is 0.233. The summed E-state index contributed by atoms with van der Waals surface area (Å²) in [5.74, 6) is 0.389. The molecule has 1 aromatic rings. The largest absolute Gasteiger partial charge is 0.486 e. The molecule has 0 fully saturated rings. The van der Waals surface area contributed by atoms with E-state index < -0.39 is 0 Å². The Bertz CT molecular complexity index is 341. The van der Waals surface area contributed by atoms with Gasteiger partial charge in [-0.05, 0) is 23.8 Å². The fourth-order valence-corrected chi connectivity index (χ4v) is 1.24. The molecule has 0 amide bonds. The molecule has 1 rings (SSSR count). The van der Waals surface area contributed by atoms with Gasteiger partial charge in [0, 0.05) is 10.2 Å². The molecule has 0 aliphatic carbocycles. The number of hydrogen-bond acceptors (Lipinski definition) is 2. The van der Waals surface area contributed by atoms with Crippen LogP contribution in [0.1, 0.15) is 0 Å². The van der Waals surface area contributed by atoms with E-state index in [-0.39, 0.29) is 11.6 Å². The molecule has 4 heteroatoms. The maximum atomic E-state index is 13.2. The van der Waals surface area contributed by atoms with E-state index in [1.165, 1.54) is 6.07 Å². The van der Waals surface area contributed by atoms with E-state index in [0.29, 0.717) is 16.8 Å². The van der Waals surface area contributed by atoms with E-state index in [1.807, 2.05) is 0 Å². The van der Waals surface area contributed by atoms with E-state index in [2.05, 4.69) is 35.1 Å². The molecule has 0 saturated carbocycles. The van der Waals surface area contributed by atoms with Crippen LogP contribution in [0.4, 0.5) is 4.39 Å². The van der Waals surface area contributed by atoms with Crippen molar-refractivity contribution >= 4 is 28.6 Å². The van der Waals surface area contributed by atoms with Crippen LogP contribution in [0.5, 0.6) is 5.75 Å². The van der Waals surface area contributed by atoms with Crippen molar-refractivity contribution in [3.05, 3.63) is 40.6 Å². The van der Waals surface area contributed by atoms with Gasteiger partial charge in [-0.2, -0.15) is 12.6 Å². The zero-order valence-corrected chi connectivity index (χ0v) is 9.95. The van der Waals surface area contributed by atoms with Crippen LogP contribution < -0.4 is 4.74 Å². The molecule has 0 aliphatic heterocycles. The quantitative estimate of drug-likeness (QED) is 0.655. The molecule has 0 N–H and O–H groups in total. The molecule has 1 aromatic carbocycles. The number of benzene rings is 1. The lowest BCUT2D eigenvalue weighted by Crippen LogP contribution is -2.02. The predicted octanol–water partition coefficient (Wildman–Crippen LogP) is 3.45. The second-order valence-corrected chi connectivity index (χ2v) is 4.00. The zero-order chi connectivity index (χ0) is 10.6. The SMILES string of the molecule is C=C(CS)COc1ccc(Br)cc1F. The summed E-state index contributed by atoms with van der Waals surface area (Å²) in [7, 11) is 0. The average Bonchev–Trinajstić information content (AvgIpc) is 2.16. The summed E-state index contributed by atoms with van der Waals surface area (Å²) in [6, 6.07) is 4.66. The molecular weight excluding hydrogens is 267 g/mol. The van der Waals surface area contributed by atoms with E-state index in [0.717, 1.165) is 5.57 Å². The number of hydrogen-bond donors (Lipinski definition) is 1. The van der Waals surface area contributed by atoms with Gasteiger partial charge in [-0.3, -0.25) is 0 Å². The van der Waals surface area contributed by atoms with Gasteiger partial charge in [0.2, 0.25) is 0 Å². The molecule has 0 aliphatic rings. The average molecular weight is 277 g/mol. The lowest BCUT2D eigenvalue weighted by atomic mass is 10.3. The van der Waals surface area contributed by atoms with Crippen LogP contribution in [0.25, 0.3) is 0 Å². The monoisotopic (exact) mass is 276 g/mol. The van der Waals surface area contributed by atoms with Crippen molar-refractivity contribution in [1.29, 1.82) is 0 Å². The topological polar surface area (TPSA) is 9.23 Å². The normalized spacial score (nSPS) is 9.93. The van der Waals surface area contributed by atoms with Crippen molar-refractivity contribution in [1.82, 2.24) is 0 Å². The van der Waals surface area contributed by atoms with Gasteiger partial charge in [-0.1, -0.05) is 22.5 Å². The molecule has 0 radical (unpaired) electrons. The molecule has 76 valence electrons. The smallest absolute Gasteiger partial charge is 0.166 e. The molecule has 0 spiro atoms. The highest BCUT2D eigenvalue weighted by Crippen LogP contribution is 2.21. The number of thiol groups is 1. The Morgan fingerprint density at radius 1 is 1.57 bits per heavy atom. The number of halogens is 2. The third kappa shape index (κ3) is 3.35. The zero-order valence-electron chi connectivity index (χ0n) is 7.46. The Balaban J connectivity index is 2.63. The molecule has 14 heavy (non-hydrogen) atoms. The second-order valence-electron chi connectivity index (χ2n) is 2.77. The summed E-state index contributed by atoms with van der Waals surface area (Å²) in [6.07, 6.45) is 0. The maximum Gasteiger partial charge on any atom is 0.166 e. The van der Waals surface area contributed by atoms with E-state index in [4.69, 9.17) is 4.74 Å². The maximum absolute atomic E-state index is 13.2. The van der Waals surface area contributed by atoms with Crippen molar-refractivity contribution in [3.63, 3.8) is 0 Å². The summed E-state index contributed by atoms with van der Waals surface area (Å²) >= 11 is 7.19. The van der Waals surface area contributed by atoms with Crippen molar-refractivity contribution in [2.24, 2.45) is 0 Å². The van der Waals surface area contributed by atoms with Crippen LogP contribution in [-0.4, -0.2) is 12.4 Å². The van der Waals surface area contributed by atoms with Crippen molar-refractivity contribution in [3.8, 4) is 5.75 Å². The van der Waals surface area contributed by atoms with E-state index >= 15 is 0 Å². The first-order chi connectivity index (χ1) is 6.63. The first kappa shape index (κ1) is 11.6. The third-order valence-corrected chi connectivity index (χ3v) is 2.49. The van der Waals surface area contributed by atoms with Gasteiger partial charge < -0.3 is 4.74 Å². The van der Waals surface area contributed by atoms with Crippen molar-refractivity contribution in [2.45, 2.75) is 0 Å². The fraction of sp³-hybridized carbons (Fsp3) is 0.200. The summed E-state index contributed by atoms with van der Waals surface area (Å²) in [5.41, 5.74) is 0.815. The van der Waals surface area contributed by atoms with Gasteiger partial charge in [0.1, 0.15) is 6.61 Å². The summed E-state index contributed by atoms with van der Waals surface area (Å²) in [6.45, 7) is 4.00. The standard InChI is InChI=1S/C10H10BrFOS/c1-7(6-14)5-13-10-3-2-8(11)4-9(10)12/h2-4,14H,1,5-6H2. The molecule has 0 atom stereocenters. The Hall–Kier alpha value is -0.480. The van der Waals surface area contributed by atoms with E-state index in [9.17, 15) is 4.39 Å². The highest BCUT2D eigenvalue weighted by molar-refractivity contribution is 9.10. The van der Waals surface area contributed by atoms with Gasteiger partial charge in [0.05, 0.1) is 0 Å². The third-order valence-electron chi connectivity index (χ3n) is 1.55. The highest BCUT2D eigenvalue weighted by Gasteiger charge is 2.03. The Morgan fingerprint density at radius 3 is 2.86 bits per heavy atom.